The van der Waals surface area contributed by atoms with Crippen LogP contribution < -0.4 is 5.32 Å². The minimum absolute atomic E-state index is 0.141. The average molecular weight is 286 g/mol. The molecule has 0 amide bonds. The molecule has 6 heteroatoms. The van der Waals surface area contributed by atoms with Gasteiger partial charge in [0.2, 0.25) is 0 Å². The van der Waals surface area contributed by atoms with Gasteiger partial charge in [-0.3, -0.25) is 0 Å². The molecule has 0 unspecified atom stereocenters. The largest absolute Gasteiger partial charge is 0.417 e. The van der Waals surface area contributed by atoms with Crippen LogP contribution in [0.15, 0.2) is 18.2 Å². The molecule has 0 saturated heterocycles. The highest BCUT2D eigenvalue weighted by Gasteiger charge is 2.33. The van der Waals surface area contributed by atoms with Gasteiger partial charge >= 0.3 is 6.18 Å². The maximum Gasteiger partial charge on any atom is 0.417 e. The average Bonchev–Trinajstić information content (AvgIpc) is 2.36. The second-order valence-corrected chi connectivity index (χ2v) is 4.57. The van der Waals surface area contributed by atoms with Crippen LogP contribution in [0.3, 0.4) is 0 Å². The number of alkyl halides is 3. The quantitative estimate of drug-likeness (QED) is 0.809. The lowest BCUT2D eigenvalue weighted by atomic mass is 10.1. The van der Waals surface area contributed by atoms with Crippen LogP contribution in [-0.4, -0.2) is 19.3 Å². The third kappa shape index (κ3) is 5.10. The van der Waals surface area contributed by atoms with Crippen molar-refractivity contribution < 1.29 is 17.9 Å². The molecule has 3 nitrogen and oxygen atoms in total. The van der Waals surface area contributed by atoms with Crippen molar-refractivity contribution in [2.75, 3.05) is 18.5 Å². The third-order valence-corrected chi connectivity index (χ3v) is 2.55. The summed E-state index contributed by atoms with van der Waals surface area (Å²) in [4.78, 5) is 0. The Labute approximate surface area is 116 Å². The van der Waals surface area contributed by atoms with Crippen molar-refractivity contribution in [3.05, 3.63) is 29.3 Å². The highest BCUT2D eigenvalue weighted by Crippen LogP contribution is 2.33. The van der Waals surface area contributed by atoms with Crippen LogP contribution in [0.1, 0.15) is 31.4 Å². The Bertz CT molecular complexity index is 478. The summed E-state index contributed by atoms with van der Waals surface area (Å²) >= 11 is 0. The van der Waals surface area contributed by atoms with Crippen LogP contribution in [0.2, 0.25) is 0 Å². The zero-order chi connectivity index (χ0) is 15.2. The van der Waals surface area contributed by atoms with Crippen LogP contribution in [-0.2, 0) is 10.9 Å². The fourth-order valence-electron chi connectivity index (χ4n) is 1.61. The van der Waals surface area contributed by atoms with E-state index in [9.17, 15) is 13.2 Å². The van der Waals surface area contributed by atoms with E-state index in [1.807, 2.05) is 13.8 Å². The molecule has 0 bridgehead atoms. The first-order chi connectivity index (χ1) is 9.34. The minimum Gasteiger partial charge on any atom is -0.385 e. The van der Waals surface area contributed by atoms with Gasteiger partial charge in [-0.25, -0.2) is 0 Å². The van der Waals surface area contributed by atoms with Crippen molar-refractivity contribution in [2.24, 2.45) is 0 Å². The molecule has 0 aliphatic heterocycles. The molecule has 1 aromatic rings. The molecule has 0 saturated carbocycles. The van der Waals surface area contributed by atoms with Gasteiger partial charge in [0.25, 0.3) is 0 Å². The summed E-state index contributed by atoms with van der Waals surface area (Å²) in [6, 6.07) is 5.16. The van der Waals surface area contributed by atoms with Gasteiger partial charge in [-0.15, -0.1) is 0 Å². The van der Waals surface area contributed by atoms with Crippen LogP contribution in [0.25, 0.3) is 0 Å². The Hall–Kier alpha value is -1.74. The SMILES string of the molecule is CC(C)OCCCNc1ccc(C#N)c(C(F)(F)F)c1. The van der Waals surface area contributed by atoms with E-state index < -0.39 is 11.7 Å². The van der Waals surface area contributed by atoms with Crippen LogP contribution in [0, 0.1) is 11.3 Å². The highest BCUT2D eigenvalue weighted by molar-refractivity contribution is 5.53. The van der Waals surface area contributed by atoms with Crippen molar-refractivity contribution in [2.45, 2.75) is 32.5 Å². The Morgan fingerprint density at radius 1 is 1.35 bits per heavy atom. The molecule has 0 aliphatic rings. The lowest BCUT2D eigenvalue weighted by Crippen LogP contribution is -2.11. The molecular formula is C14H17F3N2O. The number of halogens is 3. The fraction of sp³-hybridized carbons (Fsp3) is 0.500. The van der Waals surface area contributed by atoms with Gasteiger partial charge < -0.3 is 10.1 Å². The van der Waals surface area contributed by atoms with E-state index >= 15 is 0 Å². The first kappa shape index (κ1) is 16.3. The van der Waals surface area contributed by atoms with E-state index in [-0.39, 0.29) is 11.7 Å². The third-order valence-electron chi connectivity index (χ3n) is 2.55. The van der Waals surface area contributed by atoms with Crippen LogP contribution in [0.5, 0.6) is 0 Å². The number of hydrogen-bond donors (Lipinski definition) is 1. The predicted octanol–water partition coefficient (Wildman–Crippen LogP) is 3.80. The van der Waals surface area contributed by atoms with Gasteiger partial charge in [-0.1, -0.05) is 0 Å². The number of benzene rings is 1. The molecule has 0 aromatic heterocycles. The van der Waals surface area contributed by atoms with Gasteiger partial charge in [0.05, 0.1) is 23.3 Å². The van der Waals surface area contributed by atoms with E-state index in [2.05, 4.69) is 5.32 Å². The van der Waals surface area contributed by atoms with Gasteiger partial charge in [-0.2, -0.15) is 18.4 Å². The van der Waals surface area contributed by atoms with E-state index in [4.69, 9.17) is 10.00 Å². The summed E-state index contributed by atoms with van der Waals surface area (Å²) in [5.41, 5.74) is -0.935. The van der Waals surface area contributed by atoms with Crippen molar-refractivity contribution in [3.8, 4) is 6.07 Å². The number of hydrogen-bond acceptors (Lipinski definition) is 3. The Kier molecular flexibility index (Phi) is 5.83. The lowest BCUT2D eigenvalue weighted by Gasteiger charge is -2.12. The van der Waals surface area contributed by atoms with E-state index in [1.54, 1.807) is 6.07 Å². The van der Waals surface area contributed by atoms with E-state index in [0.29, 0.717) is 25.3 Å². The summed E-state index contributed by atoms with van der Waals surface area (Å²) in [7, 11) is 0. The number of ether oxygens (including phenoxy) is 1. The number of nitrogens with zero attached hydrogens (tertiary/aromatic N) is 1. The molecule has 0 fully saturated rings. The Morgan fingerprint density at radius 2 is 2.05 bits per heavy atom. The smallest absolute Gasteiger partial charge is 0.385 e. The molecule has 0 aliphatic carbocycles. The van der Waals surface area contributed by atoms with Crippen molar-refractivity contribution in [3.63, 3.8) is 0 Å². The maximum atomic E-state index is 12.7. The summed E-state index contributed by atoms with van der Waals surface area (Å²) in [5.74, 6) is 0. The molecule has 1 N–H and O–H groups in total. The zero-order valence-electron chi connectivity index (χ0n) is 11.4. The second kappa shape index (κ2) is 7.15. The molecule has 0 heterocycles. The summed E-state index contributed by atoms with van der Waals surface area (Å²) in [6.45, 7) is 4.90. The minimum atomic E-state index is -4.52. The summed E-state index contributed by atoms with van der Waals surface area (Å²) in [6.07, 6.45) is -3.69. The summed E-state index contributed by atoms with van der Waals surface area (Å²) < 4.78 is 43.6. The van der Waals surface area contributed by atoms with Gasteiger partial charge in [0, 0.05) is 18.8 Å². The second-order valence-electron chi connectivity index (χ2n) is 4.57. The first-order valence-corrected chi connectivity index (χ1v) is 6.31. The molecule has 110 valence electrons. The van der Waals surface area contributed by atoms with Crippen LogP contribution in [0.4, 0.5) is 18.9 Å². The molecule has 0 atom stereocenters. The van der Waals surface area contributed by atoms with Crippen molar-refractivity contribution in [1.82, 2.24) is 0 Å². The molecule has 1 aromatic carbocycles. The molecule has 0 radical (unpaired) electrons. The standard InChI is InChI=1S/C14H17F3N2O/c1-10(2)20-7-3-6-19-12-5-4-11(9-18)13(8-12)14(15,16)17/h4-5,8,10,19H,3,6-7H2,1-2H3. The number of nitriles is 1. The topological polar surface area (TPSA) is 45.0 Å². The van der Waals surface area contributed by atoms with Gasteiger partial charge in [0.15, 0.2) is 0 Å². The molecule has 20 heavy (non-hydrogen) atoms. The van der Waals surface area contributed by atoms with E-state index in [0.717, 1.165) is 6.07 Å². The highest BCUT2D eigenvalue weighted by atomic mass is 19.4. The van der Waals surface area contributed by atoms with Gasteiger partial charge in [0.1, 0.15) is 0 Å². The molecule has 0 spiro atoms. The van der Waals surface area contributed by atoms with E-state index in [1.165, 1.54) is 12.1 Å². The van der Waals surface area contributed by atoms with Crippen LogP contribution >= 0.6 is 0 Å². The van der Waals surface area contributed by atoms with Crippen molar-refractivity contribution >= 4 is 5.69 Å². The first-order valence-electron chi connectivity index (χ1n) is 6.31. The predicted molar refractivity (Wildman–Crippen MR) is 70.4 cm³/mol. The van der Waals surface area contributed by atoms with Crippen molar-refractivity contribution in [1.29, 1.82) is 5.26 Å². The Balaban J connectivity index is 2.62. The monoisotopic (exact) mass is 286 g/mol. The number of rotatable bonds is 6. The number of nitrogens with one attached hydrogen (secondary N) is 1. The maximum absolute atomic E-state index is 12.7. The number of anilines is 1. The Morgan fingerprint density at radius 3 is 2.60 bits per heavy atom. The van der Waals surface area contributed by atoms with Gasteiger partial charge in [-0.05, 0) is 38.5 Å². The fourth-order valence-corrected chi connectivity index (χ4v) is 1.61. The normalized spacial score (nSPS) is 11.4. The molecular weight excluding hydrogens is 269 g/mol. The summed E-state index contributed by atoms with van der Waals surface area (Å²) in [5, 5.41) is 11.6. The lowest BCUT2D eigenvalue weighted by molar-refractivity contribution is -0.137. The molecule has 1 rings (SSSR count). The zero-order valence-corrected chi connectivity index (χ0v) is 11.4.